The molecule has 1 aliphatic carbocycles. The van der Waals surface area contributed by atoms with Gasteiger partial charge in [0.15, 0.2) is 0 Å². The highest BCUT2D eigenvalue weighted by Gasteiger charge is 2.22. The highest BCUT2D eigenvalue weighted by atomic mass is 32.2. The van der Waals surface area contributed by atoms with Crippen LogP contribution in [0, 0.1) is 31.1 Å². The lowest BCUT2D eigenvalue weighted by atomic mass is 9.91. The molecule has 1 saturated carbocycles. The number of nitrogens with zero attached hydrogens (tertiary/aromatic N) is 3. The summed E-state index contributed by atoms with van der Waals surface area (Å²) in [5, 5.41) is 19.1. The summed E-state index contributed by atoms with van der Waals surface area (Å²) < 4.78 is 0. The van der Waals surface area contributed by atoms with Crippen LogP contribution < -0.4 is 0 Å². The van der Waals surface area contributed by atoms with Gasteiger partial charge in [0.1, 0.15) is 11.1 Å². The van der Waals surface area contributed by atoms with Crippen molar-refractivity contribution in [2.24, 2.45) is 5.92 Å². The third-order valence-electron chi connectivity index (χ3n) is 3.70. The maximum Gasteiger partial charge on any atom is 0.137 e. The molecule has 0 radical (unpaired) electrons. The van der Waals surface area contributed by atoms with Crippen molar-refractivity contribution in [3.05, 3.63) is 16.8 Å². The minimum atomic E-state index is 0.595. The van der Waals surface area contributed by atoms with Crippen LogP contribution in [0.5, 0.6) is 0 Å². The molecule has 1 aliphatic rings. The van der Waals surface area contributed by atoms with Crippen LogP contribution in [0.2, 0.25) is 0 Å². The molecule has 96 valence electrons. The fraction of sp³-hybridized carbons (Fsp3) is 0.643. The first-order valence-corrected chi connectivity index (χ1v) is 7.40. The Morgan fingerprint density at radius 2 is 2.06 bits per heavy atom. The minimum Gasteiger partial charge on any atom is -0.192 e. The SMILES string of the molecule is Cc1nnc(SC2CCCC(C)C2)c(C#N)c1C. The van der Waals surface area contributed by atoms with E-state index in [1.807, 2.05) is 13.8 Å². The maximum absolute atomic E-state index is 9.27. The van der Waals surface area contributed by atoms with Gasteiger partial charge < -0.3 is 0 Å². The maximum atomic E-state index is 9.27. The number of aromatic nitrogens is 2. The Hall–Kier alpha value is -1.08. The smallest absolute Gasteiger partial charge is 0.137 e. The summed E-state index contributed by atoms with van der Waals surface area (Å²) in [6.45, 7) is 6.17. The molecule has 1 fully saturated rings. The molecule has 1 aromatic heterocycles. The summed E-state index contributed by atoms with van der Waals surface area (Å²) in [5.41, 5.74) is 2.54. The van der Waals surface area contributed by atoms with Crippen LogP contribution in [0.15, 0.2) is 5.03 Å². The van der Waals surface area contributed by atoms with Crippen molar-refractivity contribution in [2.75, 3.05) is 0 Å². The quantitative estimate of drug-likeness (QED) is 0.815. The molecule has 0 spiro atoms. The van der Waals surface area contributed by atoms with Gasteiger partial charge in [0.05, 0.1) is 11.3 Å². The lowest BCUT2D eigenvalue weighted by Crippen LogP contribution is -2.15. The Labute approximate surface area is 113 Å². The molecule has 0 N–H and O–H groups in total. The largest absolute Gasteiger partial charge is 0.192 e. The van der Waals surface area contributed by atoms with E-state index in [2.05, 4.69) is 23.2 Å². The molecule has 0 amide bonds. The molecule has 4 heteroatoms. The van der Waals surface area contributed by atoms with Gasteiger partial charge >= 0.3 is 0 Å². The summed E-state index contributed by atoms with van der Waals surface area (Å²) in [4.78, 5) is 0. The Morgan fingerprint density at radius 3 is 2.72 bits per heavy atom. The van der Waals surface area contributed by atoms with E-state index in [0.29, 0.717) is 10.8 Å². The molecular formula is C14H19N3S. The van der Waals surface area contributed by atoms with E-state index in [9.17, 15) is 5.26 Å². The first-order chi connectivity index (χ1) is 8.61. The molecule has 0 bridgehead atoms. The molecule has 1 heterocycles. The van der Waals surface area contributed by atoms with E-state index in [0.717, 1.165) is 22.2 Å². The predicted octanol–water partition coefficient (Wildman–Crippen LogP) is 3.64. The zero-order valence-electron chi connectivity index (χ0n) is 11.2. The molecule has 3 nitrogen and oxygen atoms in total. The monoisotopic (exact) mass is 261 g/mol. The Balaban J connectivity index is 2.19. The summed E-state index contributed by atoms with van der Waals surface area (Å²) in [7, 11) is 0. The highest BCUT2D eigenvalue weighted by Crippen LogP contribution is 2.36. The predicted molar refractivity (Wildman–Crippen MR) is 73.5 cm³/mol. The molecule has 2 unspecified atom stereocenters. The van der Waals surface area contributed by atoms with Crippen LogP contribution >= 0.6 is 11.8 Å². The lowest BCUT2D eigenvalue weighted by molar-refractivity contribution is 0.394. The van der Waals surface area contributed by atoms with E-state index in [1.165, 1.54) is 25.7 Å². The van der Waals surface area contributed by atoms with E-state index >= 15 is 0 Å². The number of nitriles is 1. The van der Waals surface area contributed by atoms with Gasteiger partial charge in [0.2, 0.25) is 0 Å². The number of hydrogen-bond donors (Lipinski definition) is 0. The first kappa shape index (κ1) is 13.4. The molecule has 2 atom stereocenters. The Kier molecular flexibility index (Phi) is 4.23. The number of thioether (sulfide) groups is 1. The fourth-order valence-electron chi connectivity index (χ4n) is 2.44. The van der Waals surface area contributed by atoms with Gasteiger partial charge in [-0.2, -0.15) is 10.4 Å². The Morgan fingerprint density at radius 1 is 1.28 bits per heavy atom. The highest BCUT2D eigenvalue weighted by molar-refractivity contribution is 7.99. The third kappa shape index (κ3) is 2.84. The van der Waals surface area contributed by atoms with E-state index in [1.54, 1.807) is 11.8 Å². The topological polar surface area (TPSA) is 49.6 Å². The zero-order valence-corrected chi connectivity index (χ0v) is 12.0. The normalized spacial score (nSPS) is 23.7. The van der Waals surface area contributed by atoms with Crippen LogP contribution in [0.25, 0.3) is 0 Å². The van der Waals surface area contributed by atoms with Crippen LogP contribution in [-0.2, 0) is 0 Å². The second kappa shape index (κ2) is 5.71. The van der Waals surface area contributed by atoms with Gasteiger partial charge in [0.25, 0.3) is 0 Å². The average Bonchev–Trinajstić information content (AvgIpc) is 2.34. The van der Waals surface area contributed by atoms with Gasteiger partial charge in [-0.25, -0.2) is 0 Å². The van der Waals surface area contributed by atoms with Gasteiger partial charge in [-0.15, -0.1) is 5.10 Å². The van der Waals surface area contributed by atoms with Crippen molar-refractivity contribution >= 4 is 11.8 Å². The van der Waals surface area contributed by atoms with Crippen molar-refractivity contribution < 1.29 is 0 Å². The van der Waals surface area contributed by atoms with E-state index in [4.69, 9.17) is 0 Å². The van der Waals surface area contributed by atoms with Crippen LogP contribution in [0.4, 0.5) is 0 Å². The van der Waals surface area contributed by atoms with Crippen LogP contribution in [0.1, 0.15) is 49.4 Å². The van der Waals surface area contributed by atoms with Crippen molar-refractivity contribution in [1.82, 2.24) is 10.2 Å². The molecule has 2 rings (SSSR count). The molecule has 0 aliphatic heterocycles. The van der Waals surface area contributed by atoms with Gasteiger partial charge in [0, 0.05) is 5.25 Å². The molecule has 18 heavy (non-hydrogen) atoms. The summed E-state index contributed by atoms with van der Waals surface area (Å²) >= 11 is 1.75. The summed E-state index contributed by atoms with van der Waals surface area (Å²) in [6, 6.07) is 2.28. The standard InChI is InChI=1S/C14H19N3S/c1-9-5-4-6-12(7-9)18-14-13(8-15)10(2)11(3)16-17-14/h9,12H,4-7H2,1-3H3. The van der Waals surface area contributed by atoms with Gasteiger partial charge in [-0.1, -0.05) is 31.5 Å². The van der Waals surface area contributed by atoms with Gasteiger partial charge in [-0.05, 0) is 38.2 Å². The Bertz CT molecular complexity index is 479. The van der Waals surface area contributed by atoms with E-state index < -0.39 is 0 Å². The second-order valence-electron chi connectivity index (χ2n) is 5.21. The van der Waals surface area contributed by atoms with Crippen molar-refractivity contribution in [3.8, 4) is 6.07 Å². The van der Waals surface area contributed by atoms with Crippen LogP contribution in [0.3, 0.4) is 0 Å². The van der Waals surface area contributed by atoms with Crippen molar-refractivity contribution in [2.45, 2.75) is 56.7 Å². The average molecular weight is 261 g/mol. The number of rotatable bonds is 2. The van der Waals surface area contributed by atoms with Crippen LogP contribution in [-0.4, -0.2) is 15.4 Å². The minimum absolute atomic E-state index is 0.595. The lowest BCUT2D eigenvalue weighted by Gasteiger charge is -2.26. The van der Waals surface area contributed by atoms with Crippen molar-refractivity contribution in [1.29, 1.82) is 5.26 Å². The molecular weight excluding hydrogens is 242 g/mol. The fourth-order valence-corrected chi connectivity index (χ4v) is 3.87. The molecule has 0 aromatic carbocycles. The van der Waals surface area contributed by atoms with Crippen molar-refractivity contribution in [3.63, 3.8) is 0 Å². The summed E-state index contributed by atoms with van der Waals surface area (Å²) in [5.74, 6) is 0.793. The molecule has 1 aromatic rings. The number of aryl methyl sites for hydroxylation is 1. The zero-order chi connectivity index (χ0) is 13.1. The third-order valence-corrected chi connectivity index (χ3v) is 4.97. The summed E-state index contributed by atoms with van der Waals surface area (Å²) in [6.07, 6.45) is 5.08. The number of hydrogen-bond acceptors (Lipinski definition) is 4. The van der Waals surface area contributed by atoms with E-state index in [-0.39, 0.29) is 0 Å². The second-order valence-corrected chi connectivity index (χ2v) is 6.50. The van der Waals surface area contributed by atoms with Gasteiger partial charge in [-0.3, -0.25) is 0 Å². The first-order valence-electron chi connectivity index (χ1n) is 6.52. The molecule has 0 saturated heterocycles.